The lowest BCUT2D eigenvalue weighted by Crippen LogP contribution is -2.29. The van der Waals surface area contributed by atoms with Gasteiger partial charge >= 0.3 is 0 Å². The Bertz CT molecular complexity index is 350. The molecule has 1 aromatic rings. The van der Waals surface area contributed by atoms with Crippen LogP contribution in [0.15, 0.2) is 24.3 Å². The number of benzene rings is 1. The molecule has 1 aliphatic heterocycles. The van der Waals surface area contributed by atoms with E-state index in [9.17, 15) is 5.11 Å². The van der Waals surface area contributed by atoms with E-state index in [1.54, 1.807) is 0 Å². The molecule has 0 fully saturated rings. The van der Waals surface area contributed by atoms with Crippen LogP contribution >= 0.6 is 0 Å². The standard InChI is InChI=1S/C15H22O2/c1-3-8-15(2,11-16)10-13-9-12-6-4-5-7-14(12)17-13/h4-7,13,16H,3,8-11H2,1-2H3. The molecule has 0 saturated carbocycles. The maximum Gasteiger partial charge on any atom is 0.123 e. The first-order valence-electron chi connectivity index (χ1n) is 6.52. The van der Waals surface area contributed by atoms with Crippen LogP contribution in [-0.2, 0) is 6.42 Å². The topological polar surface area (TPSA) is 29.5 Å². The van der Waals surface area contributed by atoms with Gasteiger partial charge in [0.2, 0.25) is 0 Å². The van der Waals surface area contributed by atoms with Gasteiger partial charge in [-0.2, -0.15) is 0 Å². The van der Waals surface area contributed by atoms with E-state index in [-0.39, 0.29) is 18.1 Å². The zero-order chi connectivity index (χ0) is 12.3. The third-order valence-electron chi connectivity index (χ3n) is 3.67. The van der Waals surface area contributed by atoms with Crippen molar-refractivity contribution in [2.45, 2.75) is 45.6 Å². The summed E-state index contributed by atoms with van der Waals surface area (Å²) in [5.74, 6) is 1.02. The Kier molecular flexibility index (Phi) is 3.72. The molecule has 2 rings (SSSR count). The Morgan fingerprint density at radius 1 is 1.41 bits per heavy atom. The van der Waals surface area contributed by atoms with Gasteiger partial charge in [-0.1, -0.05) is 38.5 Å². The fourth-order valence-electron chi connectivity index (χ4n) is 2.77. The molecule has 0 saturated heterocycles. The number of aliphatic hydroxyl groups excluding tert-OH is 1. The lowest BCUT2D eigenvalue weighted by Gasteiger charge is -2.29. The normalized spacial score (nSPS) is 21.7. The predicted octanol–water partition coefficient (Wildman–Crippen LogP) is 3.18. The zero-order valence-electron chi connectivity index (χ0n) is 10.8. The maximum atomic E-state index is 9.54. The average molecular weight is 234 g/mol. The van der Waals surface area contributed by atoms with Crippen molar-refractivity contribution in [3.05, 3.63) is 29.8 Å². The monoisotopic (exact) mass is 234 g/mol. The molecule has 2 nitrogen and oxygen atoms in total. The molecule has 94 valence electrons. The Labute approximate surface area is 104 Å². The number of hydrogen-bond acceptors (Lipinski definition) is 2. The number of hydrogen-bond donors (Lipinski definition) is 1. The first kappa shape index (κ1) is 12.4. The number of fused-ring (bicyclic) bond motifs is 1. The Balaban J connectivity index is 1.99. The molecule has 1 heterocycles. The van der Waals surface area contributed by atoms with Crippen LogP contribution in [0, 0.1) is 5.41 Å². The average Bonchev–Trinajstić information content (AvgIpc) is 2.71. The van der Waals surface area contributed by atoms with Crippen LogP contribution in [0.2, 0.25) is 0 Å². The second-order valence-electron chi connectivity index (χ2n) is 5.47. The largest absolute Gasteiger partial charge is 0.490 e. The lowest BCUT2D eigenvalue weighted by atomic mass is 9.80. The summed E-state index contributed by atoms with van der Waals surface area (Å²) in [5.41, 5.74) is 1.30. The quantitative estimate of drug-likeness (QED) is 0.848. The first-order valence-corrected chi connectivity index (χ1v) is 6.52. The molecule has 2 atom stereocenters. The molecule has 0 spiro atoms. The molecule has 1 aliphatic rings. The Morgan fingerprint density at radius 3 is 2.82 bits per heavy atom. The summed E-state index contributed by atoms with van der Waals surface area (Å²) in [5, 5.41) is 9.54. The van der Waals surface area contributed by atoms with Gasteiger partial charge in [0.05, 0.1) is 0 Å². The van der Waals surface area contributed by atoms with E-state index in [0.717, 1.165) is 31.4 Å². The fourth-order valence-corrected chi connectivity index (χ4v) is 2.77. The van der Waals surface area contributed by atoms with E-state index in [4.69, 9.17) is 4.74 Å². The smallest absolute Gasteiger partial charge is 0.123 e. The molecule has 0 aromatic heterocycles. The minimum Gasteiger partial charge on any atom is -0.490 e. The van der Waals surface area contributed by atoms with E-state index >= 15 is 0 Å². The van der Waals surface area contributed by atoms with E-state index in [1.807, 2.05) is 12.1 Å². The van der Waals surface area contributed by atoms with Gasteiger partial charge in [-0.3, -0.25) is 0 Å². The minimum absolute atomic E-state index is 0.00145. The van der Waals surface area contributed by atoms with Crippen LogP contribution in [0.1, 0.15) is 38.7 Å². The van der Waals surface area contributed by atoms with Crippen molar-refractivity contribution in [1.29, 1.82) is 0 Å². The molecule has 1 N–H and O–H groups in total. The second-order valence-corrected chi connectivity index (χ2v) is 5.47. The van der Waals surface area contributed by atoms with Crippen molar-refractivity contribution in [3.63, 3.8) is 0 Å². The summed E-state index contributed by atoms with van der Waals surface area (Å²) in [6, 6.07) is 8.23. The van der Waals surface area contributed by atoms with Crippen molar-refractivity contribution in [2.24, 2.45) is 5.41 Å². The summed E-state index contributed by atoms with van der Waals surface area (Å²) < 4.78 is 5.94. The molecule has 0 aliphatic carbocycles. The number of aliphatic hydroxyl groups is 1. The molecular formula is C15H22O2. The van der Waals surface area contributed by atoms with Gasteiger partial charge in [-0.25, -0.2) is 0 Å². The van der Waals surface area contributed by atoms with Crippen LogP contribution in [-0.4, -0.2) is 17.8 Å². The van der Waals surface area contributed by atoms with Crippen molar-refractivity contribution in [2.75, 3.05) is 6.61 Å². The van der Waals surface area contributed by atoms with Gasteiger partial charge in [-0.15, -0.1) is 0 Å². The highest BCUT2D eigenvalue weighted by Gasteiger charge is 2.31. The van der Waals surface area contributed by atoms with Gasteiger partial charge in [0.15, 0.2) is 0 Å². The highest BCUT2D eigenvalue weighted by Crippen LogP contribution is 2.36. The Hall–Kier alpha value is -1.02. The third kappa shape index (κ3) is 2.81. The molecule has 0 amide bonds. The Morgan fingerprint density at radius 2 is 2.18 bits per heavy atom. The fraction of sp³-hybridized carbons (Fsp3) is 0.600. The molecule has 1 aromatic carbocycles. The van der Waals surface area contributed by atoms with Crippen LogP contribution < -0.4 is 4.74 Å². The van der Waals surface area contributed by atoms with Crippen LogP contribution in [0.3, 0.4) is 0 Å². The van der Waals surface area contributed by atoms with Crippen molar-refractivity contribution < 1.29 is 9.84 Å². The number of rotatable bonds is 5. The van der Waals surface area contributed by atoms with Crippen molar-refractivity contribution in [1.82, 2.24) is 0 Å². The maximum absolute atomic E-state index is 9.54. The number of para-hydroxylation sites is 1. The molecule has 2 heteroatoms. The van der Waals surface area contributed by atoms with E-state index in [2.05, 4.69) is 26.0 Å². The molecule has 17 heavy (non-hydrogen) atoms. The first-order chi connectivity index (χ1) is 8.17. The number of ether oxygens (including phenoxy) is 1. The van der Waals surface area contributed by atoms with Crippen LogP contribution in [0.5, 0.6) is 5.75 Å². The highest BCUT2D eigenvalue weighted by molar-refractivity contribution is 5.37. The molecule has 0 radical (unpaired) electrons. The predicted molar refractivity (Wildman–Crippen MR) is 69.3 cm³/mol. The summed E-state index contributed by atoms with van der Waals surface area (Å²) in [4.78, 5) is 0. The van der Waals surface area contributed by atoms with Crippen molar-refractivity contribution >= 4 is 0 Å². The van der Waals surface area contributed by atoms with E-state index in [1.165, 1.54) is 5.56 Å². The van der Waals surface area contributed by atoms with Crippen molar-refractivity contribution in [3.8, 4) is 5.75 Å². The summed E-state index contributed by atoms with van der Waals surface area (Å²) in [6.07, 6.45) is 4.31. The second kappa shape index (κ2) is 5.09. The van der Waals surface area contributed by atoms with Gasteiger partial charge in [0.25, 0.3) is 0 Å². The minimum atomic E-state index is 0.00145. The summed E-state index contributed by atoms with van der Waals surface area (Å²) in [6.45, 7) is 4.57. The van der Waals surface area contributed by atoms with Crippen LogP contribution in [0.4, 0.5) is 0 Å². The van der Waals surface area contributed by atoms with E-state index in [0.29, 0.717) is 0 Å². The van der Waals surface area contributed by atoms with Gasteiger partial charge in [0, 0.05) is 13.0 Å². The van der Waals surface area contributed by atoms with Crippen LogP contribution in [0.25, 0.3) is 0 Å². The lowest BCUT2D eigenvalue weighted by molar-refractivity contribution is 0.0749. The van der Waals surface area contributed by atoms with E-state index < -0.39 is 0 Å². The molecular weight excluding hydrogens is 212 g/mol. The highest BCUT2D eigenvalue weighted by atomic mass is 16.5. The summed E-state index contributed by atoms with van der Waals surface area (Å²) >= 11 is 0. The van der Waals surface area contributed by atoms with Gasteiger partial charge < -0.3 is 9.84 Å². The van der Waals surface area contributed by atoms with Gasteiger partial charge in [0.1, 0.15) is 11.9 Å². The summed E-state index contributed by atoms with van der Waals surface area (Å²) in [7, 11) is 0. The zero-order valence-corrected chi connectivity index (χ0v) is 10.8. The SMILES string of the molecule is CCCC(C)(CO)CC1Cc2ccccc2O1. The molecule has 2 unspecified atom stereocenters. The molecule has 0 bridgehead atoms. The third-order valence-corrected chi connectivity index (χ3v) is 3.67. The van der Waals surface area contributed by atoms with Gasteiger partial charge in [-0.05, 0) is 29.9 Å².